The highest BCUT2D eigenvalue weighted by Gasteiger charge is 2.26. The van der Waals surface area contributed by atoms with Crippen molar-refractivity contribution in [2.24, 2.45) is 5.92 Å². The standard InChI is InChI=1S/C16H19IN2O2/c1-2-10-4-3-5-11(8-10)15-18-16(21-19-15)13-9-12(17)6-7-14(13)20/h6-7,9-11,20H,2-5,8H2,1H3. The molecule has 3 rings (SSSR count). The van der Waals surface area contributed by atoms with Crippen LogP contribution in [0.2, 0.25) is 0 Å². The first-order valence-electron chi connectivity index (χ1n) is 7.50. The number of phenols is 1. The van der Waals surface area contributed by atoms with Crippen LogP contribution >= 0.6 is 22.6 Å². The van der Waals surface area contributed by atoms with E-state index in [0.717, 1.165) is 28.2 Å². The summed E-state index contributed by atoms with van der Waals surface area (Å²) in [6, 6.07) is 5.38. The monoisotopic (exact) mass is 398 g/mol. The summed E-state index contributed by atoms with van der Waals surface area (Å²) in [6.07, 6.45) is 6.05. The molecule has 4 nitrogen and oxygen atoms in total. The lowest BCUT2D eigenvalue weighted by Crippen LogP contribution is -2.14. The van der Waals surface area contributed by atoms with E-state index in [-0.39, 0.29) is 5.75 Å². The highest BCUT2D eigenvalue weighted by Crippen LogP contribution is 2.37. The molecule has 1 N–H and O–H groups in total. The molecule has 5 heteroatoms. The van der Waals surface area contributed by atoms with Gasteiger partial charge in [-0.1, -0.05) is 31.3 Å². The Balaban J connectivity index is 1.84. The van der Waals surface area contributed by atoms with E-state index >= 15 is 0 Å². The number of nitrogens with zero attached hydrogens (tertiary/aromatic N) is 2. The number of rotatable bonds is 3. The lowest BCUT2D eigenvalue weighted by atomic mass is 9.80. The summed E-state index contributed by atoms with van der Waals surface area (Å²) in [5.41, 5.74) is 0.614. The van der Waals surface area contributed by atoms with Gasteiger partial charge in [0.15, 0.2) is 5.82 Å². The molecular formula is C16H19IN2O2. The number of halogens is 1. The first kappa shape index (κ1) is 14.8. The Kier molecular flexibility index (Phi) is 4.47. The van der Waals surface area contributed by atoms with Crippen LogP contribution in [0.15, 0.2) is 22.7 Å². The summed E-state index contributed by atoms with van der Waals surface area (Å²) < 4.78 is 6.42. The first-order chi connectivity index (χ1) is 10.2. The first-order valence-corrected chi connectivity index (χ1v) is 8.57. The van der Waals surface area contributed by atoms with Crippen LogP contribution in [0, 0.1) is 9.49 Å². The quantitative estimate of drug-likeness (QED) is 0.760. The largest absolute Gasteiger partial charge is 0.507 e. The topological polar surface area (TPSA) is 59.2 Å². The molecule has 1 aliphatic rings. The third kappa shape index (κ3) is 3.22. The van der Waals surface area contributed by atoms with Gasteiger partial charge in [-0.05, 0) is 59.5 Å². The van der Waals surface area contributed by atoms with Gasteiger partial charge in [-0.2, -0.15) is 4.98 Å². The molecule has 2 aromatic rings. The minimum absolute atomic E-state index is 0.181. The van der Waals surface area contributed by atoms with Crippen molar-refractivity contribution in [3.05, 3.63) is 27.6 Å². The van der Waals surface area contributed by atoms with Crippen LogP contribution in [0.4, 0.5) is 0 Å². The van der Waals surface area contributed by atoms with E-state index in [1.807, 2.05) is 12.1 Å². The Bertz CT molecular complexity index is 626. The molecule has 2 unspecified atom stereocenters. The van der Waals surface area contributed by atoms with Crippen molar-refractivity contribution < 1.29 is 9.63 Å². The minimum atomic E-state index is 0.181. The third-order valence-corrected chi connectivity index (χ3v) is 5.03. The van der Waals surface area contributed by atoms with Crippen molar-refractivity contribution in [3.8, 4) is 17.2 Å². The summed E-state index contributed by atoms with van der Waals surface area (Å²) in [5, 5.41) is 14.1. The molecular weight excluding hydrogens is 379 g/mol. The third-order valence-electron chi connectivity index (χ3n) is 4.36. The minimum Gasteiger partial charge on any atom is -0.507 e. The van der Waals surface area contributed by atoms with E-state index in [4.69, 9.17) is 4.52 Å². The van der Waals surface area contributed by atoms with Crippen LogP contribution in [0.1, 0.15) is 50.8 Å². The van der Waals surface area contributed by atoms with E-state index < -0.39 is 0 Å². The lowest BCUT2D eigenvalue weighted by Gasteiger charge is -2.26. The van der Waals surface area contributed by atoms with Gasteiger partial charge in [0.25, 0.3) is 5.89 Å². The Morgan fingerprint density at radius 2 is 2.24 bits per heavy atom. The summed E-state index contributed by atoms with van der Waals surface area (Å²) in [4.78, 5) is 4.53. The van der Waals surface area contributed by atoms with Gasteiger partial charge >= 0.3 is 0 Å². The van der Waals surface area contributed by atoms with Crippen LogP contribution in [0.25, 0.3) is 11.5 Å². The second-order valence-electron chi connectivity index (χ2n) is 5.76. The highest BCUT2D eigenvalue weighted by molar-refractivity contribution is 14.1. The number of hydrogen-bond acceptors (Lipinski definition) is 4. The molecule has 1 fully saturated rings. The molecule has 1 heterocycles. The molecule has 0 bridgehead atoms. The zero-order valence-corrected chi connectivity index (χ0v) is 14.2. The SMILES string of the molecule is CCC1CCCC(c2noc(-c3cc(I)ccc3O)n2)C1. The zero-order chi connectivity index (χ0) is 14.8. The summed E-state index contributed by atoms with van der Waals surface area (Å²) in [7, 11) is 0. The predicted octanol–water partition coefficient (Wildman–Crippen LogP) is 4.73. The van der Waals surface area contributed by atoms with Crippen LogP contribution in [0.3, 0.4) is 0 Å². The molecule has 1 aromatic heterocycles. The molecule has 21 heavy (non-hydrogen) atoms. The Labute approximate surface area is 138 Å². The van der Waals surface area contributed by atoms with Gasteiger partial charge in [-0.15, -0.1) is 0 Å². The van der Waals surface area contributed by atoms with Crippen LogP contribution in [-0.2, 0) is 0 Å². The Morgan fingerprint density at radius 1 is 1.38 bits per heavy atom. The number of aromatic nitrogens is 2. The molecule has 0 spiro atoms. The summed E-state index contributed by atoms with van der Waals surface area (Å²) >= 11 is 2.21. The van der Waals surface area contributed by atoms with Crippen molar-refractivity contribution in [1.82, 2.24) is 10.1 Å². The van der Waals surface area contributed by atoms with Crippen molar-refractivity contribution in [2.45, 2.75) is 44.9 Å². The maximum absolute atomic E-state index is 9.96. The van der Waals surface area contributed by atoms with E-state index in [1.165, 1.54) is 19.3 Å². The zero-order valence-electron chi connectivity index (χ0n) is 12.1. The number of benzene rings is 1. The van der Waals surface area contributed by atoms with Gasteiger partial charge in [0.2, 0.25) is 0 Å². The van der Waals surface area contributed by atoms with E-state index in [2.05, 4.69) is 39.7 Å². The number of phenolic OH excluding ortho intramolecular Hbond substituents is 1. The summed E-state index contributed by atoms with van der Waals surface area (Å²) in [6.45, 7) is 2.25. The number of hydrogen-bond donors (Lipinski definition) is 1. The van der Waals surface area contributed by atoms with Gasteiger partial charge in [0.1, 0.15) is 5.75 Å². The van der Waals surface area contributed by atoms with Gasteiger partial charge in [-0.25, -0.2) is 0 Å². The molecule has 1 saturated carbocycles. The molecule has 0 aliphatic heterocycles. The molecule has 1 aromatic carbocycles. The number of aromatic hydroxyl groups is 1. The highest BCUT2D eigenvalue weighted by atomic mass is 127. The van der Waals surface area contributed by atoms with Crippen LogP contribution in [-0.4, -0.2) is 15.2 Å². The second-order valence-corrected chi connectivity index (χ2v) is 7.00. The normalized spacial score (nSPS) is 22.4. The maximum atomic E-state index is 9.96. The second kappa shape index (κ2) is 6.34. The van der Waals surface area contributed by atoms with Crippen molar-refractivity contribution in [1.29, 1.82) is 0 Å². The van der Waals surface area contributed by atoms with Crippen molar-refractivity contribution in [3.63, 3.8) is 0 Å². The van der Waals surface area contributed by atoms with E-state index in [0.29, 0.717) is 17.4 Å². The van der Waals surface area contributed by atoms with Crippen molar-refractivity contribution >= 4 is 22.6 Å². The van der Waals surface area contributed by atoms with E-state index in [9.17, 15) is 5.11 Å². The molecule has 1 aliphatic carbocycles. The molecule has 0 saturated heterocycles. The fourth-order valence-electron chi connectivity index (χ4n) is 3.09. The van der Waals surface area contributed by atoms with Gasteiger partial charge in [-0.3, -0.25) is 0 Å². The predicted molar refractivity (Wildman–Crippen MR) is 89.1 cm³/mol. The maximum Gasteiger partial charge on any atom is 0.261 e. The average molecular weight is 398 g/mol. The average Bonchev–Trinajstić information content (AvgIpc) is 2.99. The van der Waals surface area contributed by atoms with Gasteiger partial charge in [0.05, 0.1) is 5.56 Å². The Hall–Kier alpha value is -1.11. The smallest absolute Gasteiger partial charge is 0.261 e. The van der Waals surface area contributed by atoms with Crippen molar-refractivity contribution in [2.75, 3.05) is 0 Å². The molecule has 0 radical (unpaired) electrons. The van der Waals surface area contributed by atoms with Crippen LogP contribution in [0.5, 0.6) is 5.75 Å². The fourth-order valence-corrected chi connectivity index (χ4v) is 3.58. The fraction of sp³-hybridized carbons (Fsp3) is 0.500. The van der Waals surface area contributed by atoms with Crippen LogP contribution < -0.4 is 0 Å². The Morgan fingerprint density at radius 3 is 3.05 bits per heavy atom. The van der Waals surface area contributed by atoms with Gasteiger partial charge in [0, 0.05) is 9.49 Å². The molecule has 2 atom stereocenters. The molecule has 112 valence electrons. The molecule has 0 amide bonds. The van der Waals surface area contributed by atoms with Gasteiger partial charge < -0.3 is 9.63 Å². The van der Waals surface area contributed by atoms with E-state index in [1.54, 1.807) is 6.07 Å². The summed E-state index contributed by atoms with van der Waals surface area (Å²) in [5.74, 6) is 2.56. The lowest BCUT2D eigenvalue weighted by molar-refractivity contribution is 0.300.